The minimum absolute atomic E-state index is 0.382. The Morgan fingerprint density at radius 1 is 1.50 bits per heavy atom. The lowest BCUT2D eigenvalue weighted by molar-refractivity contribution is 0.437. The van der Waals surface area contributed by atoms with Crippen molar-refractivity contribution in [1.82, 2.24) is 0 Å². The van der Waals surface area contributed by atoms with E-state index in [1.807, 2.05) is 6.07 Å². The summed E-state index contributed by atoms with van der Waals surface area (Å²) in [7, 11) is 0. The van der Waals surface area contributed by atoms with E-state index in [1.54, 1.807) is 6.07 Å². The van der Waals surface area contributed by atoms with E-state index in [0.29, 0.717) is 17.7 Å². The number of anilines is 1. The summed E-state index contributed by atoms with van der Waals surface area (Å²) in [6.45, 7) is 4.44. The first-order valence-corrected chi connectivity index (χ1v) is 5.29. The van der Waals surface area contributed by atoms with E-state index < -0.39 is 0 Å². The van der Waals surface area contributed by atoms with Gasteiger partial charge >= 0.3 is 0 Å². The normalized spacial score (nSPS) is 25.3. The van der Waals surface area contributed by atoms with Gasteiger partial charge in [0.2, 0.25) is 0 Å². The summed E-state index contributed by atoms with van der Waals surface area (Å²) in [5.41, 5.74) is 2.18. The van der Waals surface area contributed by atoms with Crippen LogP contribution in [0.25, 0.3) is 0 Å². The maximum absolute atomic E-state index is 9.69. The third-order valence-corrected chi connectivity index (χ3v) is 3.13. The summed E-state index contributed by atoms with van der Waals surface area (Å²) < 4.78 is 0. The van der Waals surface area contributed by atoms with Crippen LogP contribution in [0.15, 0.2) is 18.2 Å². The fourth-order valence-corrected chi connectivity index (χ4v) is 2.24. The topological polar surface area (TPSA) is 32.3 Å². The van der Waals surface area contributed by atoms with Gasteiger partial charge in [-0.25, -0.2) is 0 Å². The van der Waals surface area contributed by atoms with Crippen LogP contribution in [-0.2, 0) is 6.42 Å². The van der Waals surface area contributed by atoms with E-state index in [4.69, 9.17) is 0 Å². The van der Waals surface area contributed by atoms with Crippen LogP contribution in [0, 0.1) is 5.92 Å². The van der Waals surface area contributed by atoms with Crippen LogP contribution < -0.4 is 5.32 Å². The molecule has 0 spiro atoms. The van der Waals surface area contributed by atoms with Gasteiger partial charge in [0.05, 0.1) is 5.69 Å². The molecule has 0 unspecified atom stereocenters. The second-order valence-electron chi connectivity index (χ2n) is 4.15. The molecule has 0 fully saturated rings. The summed E-state index contributed by atoms with van der Waals surface area (Å²) in [6.07, 6.45) is 2.17. The number of hydrogen-bond acceptors (Lipinski definition) is 2. The summed E-state index contributed by atoms with van der Waals surface area (Å²) in [5.74, 6) is 1.03. The lowest BCUT2D eigenvalue weighted by atomic mass is 9.87. The maximum atomic E-state index is 9.69. The Morgan fingerprint density at radius 2 is 2.29 bits per heavy atom. The zero-order valence-corrected chi connectivity index (χ0v) is 8.75. The van der Waals surface area contributed by atoms with Crippen LogP contribution in [0.2, 0.25) is 0 Å². The van der Waals surface area contributed by atoms with Crippen LogP contribution in [0.5, 0.6) is 5.75 Å². The van der Waals surface area contributed by atoms with Crippen LogP contribution in [0.1, 0.15) is 25.8 Å². The number of para-hydroxylation sites is 1. The molecule has 1 aromatic rings. The molecule has 2 N–H and O–H groups in total. The maximum Gasteiger partial charge on any atom is 0.138 e. The van der Waals surface area contributed by atoms with Gasteiger partial charge in [-0.3, -0.25) is 0 Å². The highest BCUT2D eigenvalue weighted by Gasteiger charge is 2.24. The van der Waals surface area contributed by atoms with Crippen LogP contribution in [0.4, 0.5) is 5.69 Å². The van der Waals surface area contributed by atoms with Crippen molar-refractivity contribution in [3.8, 4) is 5.75 Å². The van der Waals surface area contributed by atoms with Crippen LogP contribution in [0.3, 0.4) is 0 Å². The molecule has 2 atom stereocenters. The molecule has 2 rings (SSSR count). The Kier molecular flexibility index (Phi) is 2.36. The SMILES string of the molecule is CC[C@@H]1Nc2c(O)cccc2C[C@H]1C. The second kappa shape index (κ2) is 3.52. The quantitative estimate of drug-likeness (QED) is 0.669. The third-order valence-electron chi connectivity index (χ3n) is 3.13. The van der Waals surface area contributed by atoms with Crippen LogP contribution in [-0.4, -0.2) is 11.1 Å². The van der Waals surface area contributed by atoms with Gasteiger partial charge in [0, 0.05) is 6.04 Å². The van der Waals surface area contributed by atoms with Crippen molar-refractivity contribution >= 4 is 5.69 Å². The van der Waals surface area contributed by atoms with Gasteiger partial charge in [0.1, 0.15) is 5.75 Å². The zero-order valence-electron chi connectivity index (χ0n) is 8.75. The molecule has 0 bridgehead atoms. The number of fused-ring (bicyclic) bond motifs is 1. The largest absolute Gasteiger partial charge is 0.506 e. The number of phenols is 1. The van der Waals surface area contributed by atoms with E-state index in [0.717, 1.165) is 18.5 Å². The molecule has 14 heavy (non-hydrogen) atoms. The number of aromatic hydroxyl groups is 1. The van der Waals surface area contributed by atoms with Crippen molar-refractivity contribution < 1.29 is 5.11 Å². The molecule has 1 aromatic carbocycles. The van der Waals surface area contributed by atoms with Gasteiger partial charge in [-0.15, -0.1) is 0 Å². The lowest BCUT2D eigenvalue weighted by Gasteiger charge is -2.32. The number of phenolic OH excluding ortho intramolecular Hbond substituents is 1. The predicted octanol–water partition coefficient (Wildman–Crippen LogP) is 2.77. The van der Waals surface area contributed by atoms with E-state index in [-0.39, 0.29) is 0 Å². The molecule has 2 heteroatoms. The fourth-order valence-electron chi connectivity index (χ4n) is 2.24. The molecule has 2 nitrogen and oxygen atoms in total. The third kappa shape index (κ3) is 1.45. The standard InChI is InChI=1S/C12H17NO/c1-3-10-8(2)7-9-5-4-6-11(14)12(9)13-10/h4-6,8,10,13-14H,3,7H2,1-2H3/t8-,10+/m1/s1. The molecule has 0 amide bonds. The summed E-state index contributed by atoms with van der Waals surface area (Å²) in [4.78, 5) is 0. The van der Waals surface area contributed by atoms with Crippen molar-refractivity contribution in [1.29, 1.82) is 0 Å². The van der Waals surface area contributed by atoms with Crippen LogP contribution >= 0.6 is 0 Å². The first-order valence-electron chi connectivity index (χ1n) is 5.29. The monoisotopic (exact) mass is 191 g/mol. The minimum atomic E-state index is 0.382. The molecule has 1 aliphatic heterocycles. The summed E-state index contributed by atoms with van der Waals surface area (Å²) >= 11 is 0. The molecule has 76 valence electrons. The van der Waals surface area contributed by atoms with Gasteiger partial charge in [-0.05, 0) is 30.4 Å². The van der Waals surface area contributed by atoms with Gasteiger partial charge in [-0.1, -0.05) is 26.0 Å². The molecular formula is C12H17NO. The predicted molar refractivity (Wildman–Crippen MR) is 58.7 cm³/mol. The van der Waals surface area contributed by atoms with E-state index in [9.17, 15) is 5.11 Å². The van der Waals surface area contributed by atoms with E-state index in [2.05, 4.69) is 25.2 Å². The second-order valence-corrected chi connectivity index (χ2v) is 4.15. The Labute approximate surface area is 85.0 Å². The number of nitrogens with one attached hydrogen (secondary N) is 1. The fraction of sp³-hybridized carbons (Fsp3) is 0.500. The average molecular weight is 191 g/mol. The van der Waals surface area contributed by atoms with Gasteiger partial charge in [0.25, 0.3) is 0 Å². The first kappa shape index (κ1) is 9.38. The van der Waals surface area contributed by atoms with Gasteiger partial charge in [-0.2, -0.15) is 0 Å². The first-order chi connectivity index (χ1) is 6.72. The Hall–Kier alpha value is -1.18. The van der Waals surface area contributed by atoms with Gasteiger partial charge < -0.3 is 10.4 Å². The lowest BCUT2D eigenvalue weighted by Crippen LogP contribution is -2.32. The Balaban J connectivity index is 2.36. The molecule has 1 heterocycles. The van der Waals surface area contributed by atoms with E-state index in [1.165, 1.54) is 5.56 Å². The minimum Gasteiger partial charge on any atom is -0.506 e. The Morgan fingerprint density at radius 3 is 3.00 bits per heavy atom. The zero-order chi connectivity index (χ0) is 10.1. The average Bonchev–Trinajstić information content (AvgIpc) is 2.17. The van der Waals surface area contributed by atoms with Crippen molar-refractivity contribution in [2.24, 2.45) is 5.92 Å². The van der Waals surface area contributed by atoms with Gasteiger partial charge in [0.15, 0.2) is 0 Å². The molecule has 0 saturated carbocycles. The summed E-state index contributed by atoms with van der Waals surface area (Å²) in [6, 6.07) is 6.24. The van der Waals surface area contributed by atoms with Crippen molar-refractivity contribution in [2.45, 2.75) is 32.7 Å². The smallest absolute Gasteiger partial charge is 0.138 e. The van der Waals surface area contributed by atoms with Crippen molar-refractivity contribution in [3.05, 3.63) is 23.8 Å². The molecule has 1 aliphatic rings. The highest BCUT2D eigenvalue weighted by atomic mass is 16.3. The van der Waals surface area contributed by atoms with E-state index >= 15 is 0 Å². The number of benzene rings is 1. The highest BCUT2D eigenvalue weighted by Crippen LogP contribution is 2.35. The molecule has 0 saturated heterocycles. The number of hydrogen-bond donors (Lipinski definition) is 2. The molecule has 0 aliphatic carbocycles. The molecule has 0 aromatic heterocycles. The Bertz CT molecular complexity index is 335. The van der Waals surface area contributed by atoms with Crippen molar-refractivity contribution in [2.75, 3.05) is 5.32 Å². The highest BCUT2D eigenvalue weighted by molar-refractivity contribution is 5.63. The summed E-state index contributed by atoms with van der Waals surface area (Å²) in [5, 5.41) is 13.1. The molecular weight excluding hydrogens is 174 g/mol. The number of rotatable bonds is 1. The van der Waals surface area contributed by atoms with Crippen molar-refractivity contribution in [3.63, 3.8) is 0 Å². The molecule has 0 radical (unpaired) electrons.